The largest absolute Gasteiger partial charge is 0.392 e. The Labute approximate surface area is 312 Å². The Morgan fingerprint density at radius 2 is 0.920 bits per heavy atom. The van der Waals surface area contributed by atoms with Crippen LogP contribution in [0, 0.1) is 0 Å². The minimum atomic E-state index is -0.308. The van der Waals surface area contributed by atoms with Gasteiger partial charge in [-0.25, -0.2) is 0 Å². The quantitative estimate of drug-likeness (QED) is 0.0506. The van der Waals surface area contributed by atoms with Crippen molar-refractivity contribution in [3.63, 3.8) is 0 Å². The van der Waals surface area contributed by atoms with Crippen molar-refractivity contribution in [2.45, 2.75) is 181 Å². The van der Waals surface area contributed by atoms with Gasteiger partial charge in [0, 0.05) is 85.1 Å². The van der Waals surface area contributed by atoms with Gasteiger partial charge in [-0.1, -0.05) is 143 Å². The van der Waals surface area contributed by atoms with E-state index in [-0.39, 0.29) is 18.3 Å². The van der Waals surface area contributed by atoms with Gasteiger partial charge >= 0.3 is 0 Å². The molecule has 4 N–H and O–H groups in total. The van der Waals surface area contributed by atoms with Crippen molar-refractivity contribution in [3.05, 3.63) is 0 Å². The van der Waals surface area contributed by atoms with Crippen LogP contribution in [0.2, 0.25) is 0 Å². The molecule has 1 rings (SSSR count). The Morgan fingerprint density at radius 3 is 1.36 bits per heavy atom. The third-order valence-electron chi connectivity index (χ3n) is 11.1. The number of aliphatic hydroxyl groups excluding tert-OH is 3. The van der Waals surface area contributed by atoms with Gasteiger partial charge in [-0.3, -0.25) is 14.7 Å². The van der Waals surface area contributed by atoms with Crippen LogP contribution in [-0.4, -0.2) is 145 Å². The van der Waals surface area contributed by atoms with Gasteiger partial charge in [-0.15, -0.1) is 0 Å². The van der Waals surface area contributed by atoms with E-state index in [1.165, 1.54) is 103 Å². The van der Waals surface area contributed by atoms with E-state index in [2.05, 4.69) is 45.7 Å². The lowest BCUT2D eigenvalue weighted by molar-refractivity contribution is 0.0537. The molecule has 0 bridgehead atoms. The zero-order valence-corrected chi connectivity index (χ0v) is 34.1. The molecule has 0 aromatic heterocycles. The minimum Gasteiger partial charge on any atom is -0.392 e. The van der Waals surface area contributed by atoms with Gasteiger partial charge in [-0.05, 0) is 25.8 Å². The lowest BCUT2D eigenvalue weighted by atomic mass is 10.0. The number of nitrogens with zero attached hydrogens (tertiary/aromatic N) is 4. The molecule has 0 aromatic carbocycles. The predicted octanol–water partition coefficient (Wildman–Crippen LogP) is 7.15. The molecule has 3 atom stereocenters. The summed E-state index contributed by atoms with van der Waals surface area (Å²) in [5, 5.41) is 35.2. The Balaban J connectivity index is 2.42. The van der Waals surface area contributed by atoms with E-state index in [0.717, 1.165) is 104 Å². The Kier molecular flexibility index (Phi) is 32.9. The maximum atomic E-state index is 11.0. The van der Waals surface area contributed by atoms with Crippen molar-refractivity contribution in [1.29, 1.82) is 0 Å². The summed E-state index contributed by atoms with van der Waals surface area (Å²) in [5.41, 5.74) is 0. The van der Waals surface area contributed by atoms with Crippen LogP contribution >= 0.6 is 0 Å². The van der Waals surface area contributed by atoms with Gasteiger partial charge in [0.15, 0.2) is 0 Å². The van der Waals surface area contributed by atoms with Crippen LogP contribution < -0.4 is 5.32 Å². The van der Waals surface area contributed by atoms with Crippen LogP contribution in [0.4, 0.5) is 0 Å². The molecule has 0 radical (unpaired) electrons. The second kappa shape index (κ2) is 34.4. The standard InChI is InChI=1S/C42H89N5O3/c1-5-9-11-13-15-17-18-20-22-24-26-42(50)39-47(38-41(49)25-23-21-19-16-14-12-10-6-2)36-30-44(8-4)29-31-46-34-32-45(33-35-46)28-27-43-37-40(48)7-3/h40-43,48-50H,5-39H2,1-4H3. The molecule has 50 heavy (non-hydrogen) atoms. The van der Waals surface area contributed by atoms with Crippen LogP contribution in [0.25, 0.3) is 0 Å². The highest BCUT2D eigenvalue weighted by Gasteiger charge is 2.19. The van der Waals surface area contributed by atoms with Crippen molar-refractivity contribution in [2.24, 2.45) is 0 Å². The zero-order valence-electron chi connectivity index (χ0n) is 34.1. The van der Waals surface area contributed by atoms with Crippen LogP contribution in [0.1, 0.15) is 163 Å². The summed E-state index contributed by atoms with van der Waals surface area (Å²) in [6, 6.07) is 0. The summed E-state index contributed by atoms with van der Waals surface area (Å²) in [6.45, 7) is 22.5. The number of hydrogen-bond donors (Lipinski definition) is 4. The Hall–Kier alpha value is -0.320. The van der Waals surface area contributed by atoms with Gasteiger partial charge in [0.2, 0.25) is 0 Å². The van der Waals surface area contributed by atoms with Crippen molar-refractivity contribution >= 4 is 0 Å². The van der Waals surface area contributed by atoms with E-state index < -0.39 is 0 Å². The molecule has 1 aliphatic heterocycles. The first-order valence-corrected chi connectivity index (χ1v) is 22.1. The van der Waals surface area contributed by atoms with E-state index in [0.29, 0.717) is 19.6 Å². The first-order chi connectivity index (χ1) is 24.4. The highest BCUT2D eigenvalue weighted by molar-refractivity contribution is 4.76. The normalized spacial score (nSPS) is 16.5. The Bertz CT molecular complexity index is 696. The first kappa shape index (κ1) is 47.7. The summed E-state index contributed by atoms with van der Waals surface area (Å²) in [4.78, 5) is 10.1. The first-order valence-electron chi connectivity index (χ1n) is 22.1. The van der Waals surface area contributed by atoms with Gasteiger partial charge in [-0.2, -0.15) is 0 Å². The highest BCUT2D eigenvalue weighted by atomic mass is 16.3. The number of unbranched alkanes of at least 4 members (excludes halogenated alkanes) is 16. The van der Waals surface area contributed by atoms with Gasteiger partial charge < -0.3 is 25.5 Å². The molecule has 1 aliphatic rings. The van der Waals surface area contributed by atoms with Crippen LogP contribution in [-0.2, 0) is 0 Å². The number of piperazine rings is 1. The smallest absolute Gasteiger partial charge is 0.0667 e. The molecule has 3 unspecified atom stereocenters. The average Bonchev–Trinajstić information content (AvgIpc) is 3.12. The number of likely N-dealkylation sites (N-methyl/N-ethyl adjacent to an activating group) is 1. The monoisotopic (exact) mass is 712 g/mol. The van der Waals surface area contributed by atoms with E-state index in [1.54, 1.807) is 0 Å². The van der Waals surface area contributed by atoms with Crippen LogP contribution in [0.3, 0.4) is 0 Å². The molecule has 8 nitrogen and oxygen atoms in total. The molecule has 0 saturated carbocycles. The van der Waals surface area contributed by atoms with Gasteiger partial charge in [0.1, 0.15) is 0 Å². The SMILES string of the molecule is CCCCCCCCCCCCC(O)CN(CCN(CC)CCN1CCN(CCNCC(O)CC)CC1)CC(O)CCCCCCCCCC. The second-order valence-electron chi connectivity index (χ2n) is 15.7. The molecule has 8 heteroatoms. The fraction of sp³-hybridized carbons (Fsp3) is 1.00. The molecule has 0 amide bonds. The number of rotatable bonds is 37. The molecule has 0 spiro atoms. The van der Waals surface area contributed by atoms with Crippen LogP contribution in [0.5, 0.6) is 0 Å². The lowest BCUT2D eigenvalue weighted by Crippen LogP contribution is -2.50. The topological polar surface area (TPSA) is 85.7 Å². The van der Waals surface area contributed by atoms with Crippen molar-refractivity contribution in [3.8, 4) is 0 Å². The Morgan fingerprint density at radius 1 is 0.500 bits per heavy atom. The van der Waals surface area contributed by atoms with E-state index in [1.807, 2.05) is 6.92 Å². The molecule has 0 aliphatic carbocycles. The van der Waals surface area contributed by atoms with Crippen molar-refractivity contribution in [1.82, 2.24) is 24.9 Å². The van der Waals surface area contributed by atoms with E-state index in [4.69, 9.17) is 0 Å². The lowest BCUT2D eigenvalue weighted by Gasteiger charge is -2.36. The van der Waals surface area contributed by atoms with Crippen molar-refractivity contribution in [2.75, 3.05) is 91.6 Å². The summed E-state index contributed by atoms with van der Waals surface area (Å²) in [7, 11) is 0. The van der Waals surface area contributed by atoms with Crippen LogP contribution in [0.15, 0.2) is 0 Å². The zero-order chi connectivity index (χ0) is 36.5. The van der Waals surface area contributed by atoms with Gasteiger partial charge in [0.05, 0.1) is 18.3 Å². The molecule has 1 saturated heterocycles. The summed E-state index contributed by atoms with van der Waals surface area (Å²) < 4.78 is 0. The molecule has 1 fully saturated rings. The third kappa shape index (κ3) is 28.2. The van der Waals surface area contributed by atoms with Gasteiger partial charge in [0.25, 0.3) is 0 Å². The fourth-order valence-corrected chi connectivity index (χ4v) is 7.30. The van der Waals surface area contributed by atoms with E-state index in [9.17, 15) is 15.3 Å². The number of nitrogens with one attached hydrogen (secondary N) is 1. The predicted molar refractivity (Wildman–Crippen MR) is 216 cm³/mol. The molecular formula is C42H89N5O3. The summed E-state index contributed by atoms with van der Waals surface area (Å²) >= 11 is 0. The summed E-state index contributed by atoms with van der Waals surface area (Å²) in [6.07, 6.45) is 25.3. The number of aliphatic hydroxyl groups is 3. The van der Waals surface area contributed by atoms with Crippen molar-refractivity contribution < 1.29 is 15.3 Å². The average molecular weight is 712 g/mol. The molecular weight excluding hydrogens is 622 g/mol. The summed E-state index contributed by atoms with van der Waals surface area (Å²) in [5.74, 6) is 0. The maximum absolute atomic E-state index is 11.0. The fourth-order valence-electron chi connectivity index (χ4n) is 7.30. The third-order valence-corrected chi connectivity index (χ3v) is 11.1. The minimum absolute atomic E-state index is 0.232. The number of hydrogen-bond acceptors (Lipinski definition) is 8. The van der Waals surface area contributed by atoms with E-state index >= 15 is 0 Å². The maximum Gasteiger partial charge on any atom is 0.0667 e. The highest BCUT2D eigenvalue weighted by Crippen LogP contribution is 2.14. The molecule has 1 heterocycles. The molecule has 0 aromatic rings. The second-order valence-corrected chi connectivity index (χ2v) is 15.7. The molecule has 300 valence electrons.